The first-order valence-electron chi connectivity index (χ1n) is 7.55. The fourth-order valence-electron chi connectivity index (χ4n) is 2.96. The molecule has 2 aromatic rings. The van der Waals surface area contributed by atoms with Gasteiger partial charge in [0.05, 0.1) is 5.02 Å². The van der Waals surface area contributed by atoms with E-state index in [0.29, 0.717) is 6.04 Å². The lowest BCUT2D eigenvalue weighted by Gasteiger charge is -2.28. The minimum atomic E-state index is 0.476. The Bertz CT molecular complexity index is 549. The van der Waals surface area contributed by atoms with Gasteiger partial charge in [0.2, 0.25) is 0 Å². The van der Waals surface area contributed by atoms with Gasteiger partial charge >= 0.3 is 0 Å². The van der Waals surface area contributed by atoms with Gasteiger partial charge in [0.15, 0.2) is 0 Å². The van der Waals surface area contributed by atoms with Gasteiger partial charge in [-0.25, -0.2) is 0 Å². The van der Waals surface area contributed by atoms with E-state index in [1.54, 1.807) is 11.3 Å². The van der Waals surface area contributed by atoms with Crippen LogP contribution in [0.2, 0.25) is 5.02 Å². The van der Waals surface area contributed by atoms with Gasteiger partial charge in [-0.1, -0.05) is 41.9 Å². The summed E-state index contributed by atoms with van der Waals surface area (Å²) in [6, 6.07) is 13.4. The van der Waals surface area contributed by atoms with E-state index >= 15 is 0 Å². The highest BCUT2D eigenvalue weighted by atomic mass is 35.5. The second kappa shape index (κ2) is 7.41. The standard InChI is InChI=1S/C17H21ClN2S/c18-15-10-16(21-13-15)11-19-12-17(20-8-4-5-9-20)14-6-2-1-3-7-14/h1-3,6-7,10,13,17,19H,4-5,8-9,11-12H2. The molecule has 0 bridgehead atoms. The van der Waals surface area contributed by atoms with Gasteiger partial charge < -0.3 is 5.32 Å². The second-order valence-corrected chi connectivity index (χ2v) is 6.96. The number of nitrogens with zero attached hydrogens (tertiary/aromatic N) is 1. The summed E-state index contributed by atoms with van der Waals surface area (Å²) < 4.78 is 0. The Morgan fingerprint density at radius 2 is 1.95 bits per heavy atom. The van der Waals surface area contributed by atoms with Crippen LogP contribution in [0.4, 0.5) is 0 Å². The Hall–Kier alpha value is -0.870. The summed E-state index contributed by atoms with van der Waals surface area (Å²) in [5.74, 6) is 0. The zero-order chi connectivity index (χ0) is 14.5. The van der Waals surface area contributed by atoms with E-state index in [4.69, 9.17) is 11.6 Å². The van der Waals surface area contributed by atoms with Crippen molar-refractivity contribution < 1.29 is 0 Å². The van der Waals surface area contributed by atoms with Crippen molar-refractivity contribution >= 4 is 22.9 Å². The van der Waals surface area contributed by atoms with Crippen LogP contribution in [0.15, 0.2) is 41.8 Å². The molecule has 112 valence electrons. The third kappa shape index (κ3) is 4.07. The summed E-state index contributed by atoms with van der Waals surface area (Å²) >= 11 is 7.70. The van der Waals surface area contributed by atoms with Gasteiger partial charge in [-0.15, -0.1) is 11.3 Å². The molecule has 1 unspecified atom stereocenters. The number of likely N-dealkylation sites (tertiary alicyclic amines) is 1. The Kier molecular flexibility index (Phi) is 5.31. The van der Waals surface area contributed by atoms with Gasteiger partial charge in [-0.05, 0) is 37.6 Å². The van der Waals surface area contributed by atoms with Gasteiger partial charge in [0.1, 0.15) is 0 Å². The van der Waals surface area contributed by atoms with Crippen molar-refractivity contribution in [2.24, 2.45) is 0 Å². The average molecular weight is 321 g/mol. The zero-order valence-electron chi connectivity index (χ0n) is 12.1. The highest BCUT2D eigenvalue weighted by Gasteiger charge is 2.22. The number of halogens is 1. The second-order valence-electron chi connectivity index (χ2n) is 5.53. The molecular weight excluding hydrogens is 300 g/mol. The van der Waals surface area contributed by atoms with Gasteiger partial charge in [0.25, 0.3) is 0 Å². The Morgan fingerprint density at radius 3 is 2.62 bits per heavy atom. The molecule has 2 heterocycles. The molecule has 3 rings (SSSR count). The van der Waals surface area contributed by atoms with Crippen LogP contribution in [-0.2, 0) is 6.54 Å². The number of thiophene rings is 1. The molecule has 1 aliphatic heterocycles. The quantitative estimate of drug-likeness (QED) is 0.852. The number of rotatable bonds is 6. The van der Waals surface area contributed by atoms with Gasteiger partial charge in [-0.2, -0.15) is 0 Å². The fourth-order valence-corrected chi connectivity index (χ4v) is 4.01. The van der Waals surface area contributed by atoms with E-state index in [2.05, 4.69) is 40.5 Å². The van der Waals surface area contributed by atoms with E-state index in [-0.39, 0.29) is 0 Å². The van der Waals surface area contributed by atoms with Crippen LogP contribution < -0.4 is 5.32 Å². The topological polar surface area (TPSA) is 15.3 Å². The van der Waals surface area contributed by atoms with Crippen LogP contribution in [0.1, 0.15) is 29.3 Å². The van der Waals surface area contributed by atoms with E-state index in [1.807, 2.05) is 11.4 Å². The van der Waals surface area contributed by atoms with Crippen LogP contribution >= 0.6 is 22.9 Å². The monoisotopic (exact) mass is 320 g/mol. The van der Waals surface area contributed by atoms with Crippen molar-refractivity contribution in [3.05, 3.63) is 57.2 Å². The van der Waals surface area contributed by atoms with Crippen LogP contribution in [0.25, 0.3) is 0 Å². The zero-order valence-corrected chi connectivity index (χ0v) is 13.7. The Morgan fingerprint density at radius 1 is 1.19 bits per heavy atom. The summed E-state index contributed by atoms with van der Waals surface area (Å²) in [5, 5.41) is 6.44. The molecule has 1 aliphatic rings. The molecule has 1 aromatic heterocycles. The first-order valence-corrected chi connectivity index (χ1v) is 8.81. The maximum absolute atomic E-state index is 5.98. The largest absolute Gasteiger partial charge is 0.310 e. The molecule has 0 radical (unpaired) electrons. The summed E-state index contributed by atoms with van der Waals surface area (Å²) in [4.78, 5) is 3.90. The maximum Gasteiger partial charge on any atom is 0.0516 e. The third-order valence-electron chi connectivity index (χ3n) is 4.02. The fraction of sp³-hybridized carbons (Fsp3) is 0.412. The van der Waals surface area contributed by atoms with Crippen LogP contribution in [0.5, 0.6) is 0 Å². The van der Waals surface area contributed by atoms with E-state index < -0.39 is 0 Å². The molecule has 0 amide bonds. The van der Waals surface area contributed by atoms with Crippen LogP contribution in [0, 0.1) is 0 Å². The minimum absolute atomic E-state index is 0.476. The predicted octanol–water partition coefficient (Wildman–Crippen LogP) is 4.33. The van der Waals surface area contributed by atoms with Crippen molar-refractivity contribution in [1.82, 2.24) is 10.2 Å². The van der Waals surface area contributed by atoms with E-state index in [0.717, 1.165) is 18.1 Å². The molecule has 1 saturated heterocycles. The van der Waals surface area contributed by atoms with Crippen molar-refractivity contribution in [2.75, 3.05) is 19.6 Å². The van der Waals surface area contributed by atoms with Crippen LogP contribution in [-0.4, -0.2) is 24.5 Å². The average Bonchev–Trinajstić information content (AvgIpc) is 3.16. The highest BCUT2D eigenvalue weighted by Crippen LogP contribution is 2.25. The molecule has 1 N–H and O–H groups in total. The minimum Gasteiger partial charge on any atom is -0.310 e. The number of hydrogen-bond donors (Lipinski definition) is 1. The summed E-state index contributed by atoms with van der Waals surface area (Å²) in [6.45, 7) is 4.31. The lowest BCUT2D eigenvalue weighted by molar-refractivity contribution is 0.238. The Labute approximate surface area is 135 Å². The highest BCUT2D eigenvalue weighted by molar-refractivity contribution is 7.10. The van der Waals surface area contributed by atoms with Crippen molar-refractivity contribution in [2.45, 2.75) is 25.4 Å². The molecule has 0 saturated carbocycles. The SMILES string of the molecule is Clc1csc(CNCC(c2ccccc2)N2CCCC2)c1. The molecule has 4 heteroatoms. The smallest absolute Gasteiger partial charge is 0.0516 e. The van der Waals surface area contributed by atoms with Crippen LogP contribution in [0.3, 0.4) is 0 Å². The van der Waals surface area contributed by atoms with Crippen molar-refractivity contribution in [1.29, 1.82) is 0 Å². The number of hydrogen-bond acceptors (Lipinski definition) is 3. The summed E-state index contributed by atoms with van der Waals surface area (Å²) in [6.07, 6.45) is 2.65. The normalized spacial score (nSPS) is 17.2. The maximum atomic E-state index is 5.98. The predicted molar refractivity (Wildman–Crippen MR) is 91.0 cm³/mol. The molecule has 0 aliphatic carbocycles. The lowest BCUT2D eigenvalue weighted by Crippen LogP contribution is -2.33. The summed E-state index contributed by atoms with van der Waals surface area (Å²) in [7, 11) is 0. The molecule has 1 fully saturated rings. The first-order chi connectivity index (χ1) is 10.3. The van der Waals surface area contributed by atoms with Crippen molar-refractivity contribution in [3.63, 3.8) is 0 Å². The molecule has 21 heavy (non-hydrogen) atoms. The summed E-state index contributed by atoms with van der Waals surface area (Å²) in [5.41, 5.74) is 1.41. The van der Waals surface area contributed by atoms with E-state index in [1.165, 1.54) is 36.4 Å². The third-order valence-corrected chi connectivity index (χ3v) is 5.31. The van der Waals surface area contributed by atoms with Crippen molar-refractivity contribution in [3.8, 4) is 0 Å². The first kappa shape index (κ1) is 15.0. The molecule has 1 aromatic carbocycles. The van der Waals surface area contributed by atoms with Gasteiger partial charge in [-0.3, -0.25) is 4.90 Å². The molecule has 2 nitrogen and oxygen atoms in total. The molecular formula is C17H21ClN2S. The molecule has 0 spiro atoms. The molecule has 1 atom stereocenters. The van der Waals surface area contributed by atoms with E-state index in [9.17, 15) is 0 Å². The van der Waals surface area contributed by atoms with Gasteiger partial charge in [0, 0.05) is 29.4 Å². The number of nitrogens with one attached hydrogen (secondary N) is 1. The number of benzene rings is 1. The Balaban J connectivity index is 1.62. The lowest BCUT2D eigenvalue weighted by atomic mass is 10.1.